The minimum atomic E-state index is -0.742. The van der Waals surface area contributed by atoms with Gasteiger partial charge in [0.25, 0.3) is 5.91 Å². The van der Waals surface area contributed by atoms with Crippen LogP contribution in [0, 0.1) is 0 Å². The van der Waals surface area contributed by atoms with Crippen LogP contribution in [0.5, 0.6) is 0 Å². The smallest absolute Gasteiger partial charge is 0.270 e. The Morgan fingerprint density at radius 2 is 2.67 bits per heavy atom. The molecule has 1 aromatic heterocycles. The van der Waals surface area contributed by atoms with Gasteiger partial charge in [0.1, 0.15) is 5.76 Å². The second-order valence-electron chi connectivity index (χ2n) is 1.81. The second-order valence-corrected chi connectivity index (χ2v) is 2.37. The van der Waals surface area contributed by atoms with E-state index in [1.54, 1.807) is 0 Å². The van der Waals surface area contributed by atoms with Crippen LogP contribution in [0.1, 0.15) is 16.2 Å². The molecule has 0 radical (unpaired) electrons. The molecule has 0 aromatic carbocycles. The lowest BCUT2D eigenvalue weighted by Crippen LogP contribution is -1.91. The third kappa shape index (κ3) is 1.84. The summed E-state index contributed by atoms with van der Waals surface area (Å²) in [6.45, 7) is 0. The van der Waals surface area contributed by atoms with Gasteiger partial charge in [-0.05, 0) is 10.6 Å². The van der Waals surface area contributed by atoms with Crippen LogP contribution >= 0.6 is 15.9 Å². The molecule has 0 bridgehead atoms. The first-order chi connectivity index (χ1) is 5.77. The van der Waals surface area contributed by atoms with Crippen LogP contribution in [-0.4, -0.2) is 11.1 Å². The highest BCUT2D eigenvalue weighted by Gasteiger charge is 2.09. The average molecular weight is 231 g/mol. The SMILES string of the molecule is [N-]=[N+]=NC(=O)c1cc(CBr)on1. The molecule has 1 heterocycles. The van der Waals surface area contributed by atoms with Crippen molar-refractivity contribution in [2.75, 3.05) is 0 Å². The summed E-state index contributed by atoms with van der Waals surface area (Å²) in [6, 6.07) is 1.41. The van der Waals surface area contributed by atoms with Crippen molar-refractivity contribution >= 4 is 21.8 Å². The fourth-order valence-electron chi connectivity index (χ4n) is 0.569. The number of carbonyl (C=O) groups is 1. The van der Waals surface area contributed by atoms with E-state index in [2.05, 4.69) is 35.6 Å². The Morgan fingerprint density at radius 1 is 1.92 bits per heavy atom. The molecule has 0 atom stereocenters. The largest absolute Gasteiger partial charge is 0.360 e. The Hall–Kier alpha value is -1.33. The van der Waals surface area contributed by atoms with Crippen molar-refractivity contribution in [3.63, 3.8) is 0 Å². The van der Waals surface area contributed by atoms with Gasteiger partial charge in [0.15, 0.2) is 5.69 Å². The molecule has 0 N–H and O–H groups in total. The average Bonchev–Trinajstić information content (AvgIpc) is 2.52. The summed E-state index contributed by atoms with van der Waals surface area (Å²) < 4.78 is 4.68. The van der Waals surface area contributed by atoms with Crippen LogP contribution in [0.4, 0.5) is 0 Å². The predicted octanol–water partition coefficient (Wildman–Crippen LogP) is 2.02. The van der Waals surface area contributed by atoms with Gasteiger partial charge in [0, 0.05) is 11.0 Å². The molecule has 0 aliphatic rings. The molecule has 12 heavy (non-hydrogen) atoms. The molecule has 1 rings (SSSR count). The molecule has 1 aromatic rings. The van der Waals surface area contributed by atoms with Crippen molar-refractivity contribution in [1.82, 2.24) is 5.16 Å². The Morgan fingerprint density at radius 3 is 3.17 bits per heavy atom. The molecule has 7 heteroatoms. The summed E-state index contributed by atoms with van der Waals surface area (Å²) in [4.78, 5) is 13.1. The molecule has 0 spiro atoms. The summed E-state index contributed by atoms with van der Waals surface area (Å²) in [5.74, 6) is -0.236. The van der Waals surface area contributed by atoms with E-state index in [0.29, 0.717) is 11.1 Å². The van der Waals surface area contributed by atoms with Crippen LogP contribution < -0.4 is 0 Å². The highest BCUT2D eigenvalue weighted by Crippen LogP contribution is 2.08. The zero-order chi connectivity index (χ0) is 8.97. The number of alkyl halides is 1. The summed E-state index contributed by atoms with van der Waals surface area (Å²) in [5, 5.41) is 6.69. The summed E-state index contributed by atoms with van der Waals surface area (Å²) in [5.41, 5.74) is 7.95. The number of carbonyl (C=O) groups excluding carboxylic acids is 1. The molecule has 62 valence electrons. The quantitative estimate of drug-likeness (QED) is 0.337. The summed E-state index contributed by atoms with van der Waals surface area (Å²) in [6.07, 6.45) is 0. The fourth-order valence-corrected chi connectivity index (χ4v) is 0.833. The Kier molecular flexibility index (Phi) is 2.84. The number of aromatic nitrogens is 1. The molecule has 0 saturated carbocycles. The number of nitrogens with zero attached hydrogens (tertiary/aromatic N) is 4. The van der Waals surface area contributed by atoms with E-state index in [9.17, 15) is 4.79 Å². The number of amides is 1. The third-order valence-electron chi connectivity index (χ3n) is 1.05. The lowest BCUT2D eigenvalue weighted by atomic mass is 10.4. The molecule has 0 aliphatic heterocycles. The van der Waals surface area contributed by atoms with Crippen LogP contribution in [0.3, 0.4) is 0 Å². The van der Waals surface area contributed by atoms with Gasteiger partial charge in [-0.25, -0.2) is 0 Å². The second kappa shape index (κ2) is 3.89. The van der Waals surface area contributed by atoms with E-state index in [-0.39, 0.29) is 5.69 Å². The first-order valence-electron chi connectivity index (χ1n) is 2.89. The lowest BCUT2D eigenvalue weighted by molar-refractivity contribution is 0.0991. The van der Waals surface area contributed by atoms with Crippen LogP contribution in [0.15, 0.2) is 15.7 Å². The lowest BCUT2D eigenvalue weighted by Gasteiger charge is -1.78. The van der Waals surface area contributed by atoms with Crippen molar-refractivity contribution < 1.29 is 9.32 Å². The van der Waals surface area contributed by atoms with Crippen LogP contribution in [0.2, 0.25) is 0 Å². The zero-order valence-electron chi connectivity index (χ0n) is 5.77. The van der Waals surface area contributed by atoms with E-state index >= 15 is 0 Å². The number of hydrogen-bond acceptors (Lipinski definition) is 3. The third-order valence-corrected chi connectivity index (χ3v) is 1.60. The normalized spacial score (nSPS) is 9.08. The van der Waals surface area contributed by atoms with E-state index in [1.807, 2.05) is 0 Å². The first kappa shape index (κ1) is 8.76. The monoisotopic (exact) mass is 230 g/mol. The number of azide groups is 1. The maximum atomic E-state index is 10.8. The van der Waals surface area contributed by atoms with E-state index in [4.69, 9.17) is 5.53 Å². The summed E-state index contributed by atoms with van der Waals surface area (Å²) >= 11 is 3.11. The van der Waals surface area contributed by atoms with Gasteiger partial charge < -0.3 is 4.52 Å². The molecule has 0 aliphatic carbocycles. The standard InChI is InChI=1S/C5H3BrN4O2/c6-2-3-1-4(9-12-3)5(11)8-10-7/h1H,2H2. The van der Waals surface area contributed by atoms with Gasteiger partial charge in [0.2, 0.25) is 0 Å². The number of hydrogen-bond donors (Lipinski definition) is 0. The Bertz CT molecular complexity index is 341. The molecule has 0 unspecified atom stereocenters. The Labute approximate surface area is 75.3 Å². The van der Waals surface area contributed by atoms with Gasteiger partial charge >= 0.3 is 0 Å². The highest BCUT2D eigenvalue weighted by atomic mass is 79.9. The molecule has 0 fully saturated rings. The highest BCUT2D eigenvalue weighted by molar-refractivity contribution is 9.08. The van der Waals surface area contributed by atoms with Gasteiger partial charge in [-0.1, -0.05) is 21.1 Å². The molecular formula is C5H3BrN4O2. The van der Waals surface area contributed by atoms with E-state index in [1.165, 1.54) is 6.07 Å². The number of rotatable bonds is 2. The van der Waals surface area contributed by atoms with Crippen molar-refractivity contribution in [3.8, 4) is 0 Å². The van der Waals surface area contributed by atoms with Gasteiger partial charge in [-0.15, -0.1) is 0 Å². The molecule has 1 amide bonds. The maximum absolute atomic E-state index is 10.8. The molecule has 6 nitrogen and oxygen atoms in total. The predicted molar refractivity (Wildman–Crippen MR) is 42.6 cm³/mol. The zero-order valence-corrected chi connectivity index (χ0v) is 7.35. The minimum Gasteiger partial charge on any atom is -0.360 e. The van der Waals surface area contributed by atoms with Crippen LogP contribution in [-0.2, 0) is 5.33 Å². The van der Waals surface area contributed by atoms with E-state index in [0.717, 1.165) is 0 Å². The van der Waals surface area contributed by atoms with Gasteiger partial charge in [-0.3, -0.25) is 4.79 Å². The van der Waals surface area contributed by atoms with Gasteiger partial charge in [0.05, 0.1) is 5.33 Å². The van der Waals surface area contributed by atoms with Crippen molar-refractivity contribution in [3.05, 3.63) is 28.0 Å². The topological polar surface area (TPSA) is 91.9 Å². The van der Waals surface area contributed by atoms with Crippen molar-refractivity contribution in [2.45, 2.75) is 5.33 Å². The Balaban J connectivity index is 2.88. The summed E-state index contributed by atoms with van der Waals surface area (Å²) in [7, 11) is 0. The molecular weight excluding hydrogens is 228 g/mol. The van der Waals surface area contributed by atoms with E-state index < -0.39 is 5.91 Å². The molecule has 0 saturated heterocycles. The first-order valence-corrected chi connectivity index (χ1v) is 4.01. The number of halogens is 1. The fraction of sp³-hybridized carbons (Fsp3) is 0.200. The maximum Gasteiger partial charge on any atom is 0.270 e. The van der Waals surface area contributed by atoms with Crippen molar-refractivity contribution in [1.29, 1.82) is 0 Å². The van der Waals surface area contributed by atoms with Gasteiger partial charge in [-0.2, -0.15) is 0 Å². The minimum absolute atomic E-state index is 0.0160. The van der Waals surface area contributed by atoms with Crippen LogP contribution in [0.25, 0.3) is 10.4 Å². The van der Waals surface area contributed by atoms with Crippen molar-refractivity contribution in [2.24, 2.45) is 5.11 Å².